The fraction of sp³-hybridized carbons (Fsp3) is 0.571. The van der Waals surface area contributed by atoms with Crippen LogP contribution in [0.1, 0.15) is 50.2 Å². The third kappa shape index (κ3) is 3.45. The van der Waals surface area contributed by atoms with Crippen molar-refractivity contribution in [3.8, 4) is 0 Å². The molecule has 0 aliphatic heterocycles. The summed E-state index contributed by atoms with van der Waals surface area (Å²) in [7, 11) is 0. The van der Waals surface area contributed by atoms with E-state index in [1.54, 1.807) is 6.07 Å². The minimum Gasteiger partial charge on any atom is -0.384 e. The number of nitrogen functional groups attached to an aromatic ring is 1. The van der Waals surface area contributed by atoms with Gasteiger partial charge in [-0.05, 0) is 39.3 Å². The monoisotopic (exact) mass is 249 g/mol. The minimum atomic E-state index is 0.0268. The number of nitrogens with two attached hydrogens (primary N) is 1. The molecule has 0 aromatic carbocycles. The molecule has 1 amide bonds. The van der Waals surface area contributed by atoms with E-state index in [2.05, 4.69) is 11.9 Å². The fourth-order valence-corrected chi connectivity index (χ4v) is 2.03. The van der Waals surface area contributed by atoms with Crippen molar-refractivity contribution >= 4 is 11.7 Å². The van der Waals surface area contributed by atoms with Gasteiger partial charge in [0.2, 0.25) is 0 Å². The Hall–Kier alpha value is -1.58. The average molecular weight is 249 g/mol. The van der Waals surface area contributed by atoms with Gasteiger partial charge in [0, 0.05) is 23.8 Å². The van der Waals surface area contributed by atoms with Crippen molar-refractivity contribution in [2.45, 2.75) is 46.6 Å². The number of hydrogen-bond acceptors (Lipinski definition) is 3. The highest BCUT2D eigenvalue weighted by atomic mass is 16.2. The molecule has 0 saturated carbocycles. The van der Waals surface area contributed by atoms with Gasteiger partial charge in [-0.25, -0.2) is 4.98 Å². The molecule has 1 rings (SSSR count). The molecule has 4 heteroatoms. The number of aromatic nitrogens is 1. The van der Waals surface area contributed by atoms with Crippen LogP contribution in [-0.4, -0.2) is 28.4 Å². The Kier molecular flexibility index (Phi) is 5.13. The Morgan fingerprint density at radius 2 is 2.06 bits per heavy atom. The molecule has 18 heavy (non-hydrogen) atoms. The molecular formula is C14H23N3O. The lowest BCUT2D eigenvalue weighted by Crippen LogP contribution is -2.36. The smallest absolute Gasteiger partial charge is 0.254 e. The molecule has 4 nitrogen and oxygen atoms in total. The number of aryl methyl sites for hydroxylation is 1. The second kappa shape index (κ2) is 6.38. The van der Waals surface area contributed by atoms with Crippen LogP contribution in [0.4, 0.5) is 5.82 Å². The minimum absolute atomic E-state index is 0.0268. The third-order valence-corrected chi connectivity index (χ3v) is 2.88. The second-order valence-electron chi connectivity index (χ2n) is 4.71. The Morgan fingerprint density at radius 3 is 2.56 bits per heavy atom. The van der Waals surface area contributed by atoms with Gasteiger partial charge >= 0.3 is 0 Å². The molecule has 0 saturated heterocycles. The van der Waals surface area contributed by atoms with E-state index in [4.69, 9.17) is 5.73 Å². The SMILES string of the molecule is CCCc1cc(C(=O)N(CC)C(C)C)cc(N)n1. The molecule has 0 spiro atoms. The summed E-state index contributed by atoms with van der Waals surface area (Å²) in [6.07, 6.45) is 1.84. The van der Waals surface area contributed by atoms with Crippen LogP contribution in [0.15, 0.2) is 12.1 Å². The van der Waals surface area contributed by atoms with Crippen LogP contribution < -0.4 is 5.73 Å². The van der Waals surface area contributed by atoms with Crippen LogP contribution in [0.2, 0.25) is 0 Å². The summed E-state index contributed by atoms with van der Waals surface area (Å²) in [4.78, 5) is 18.4. The summed E-state index contributed by atoms with van der Waals surface area (Å²) in [5.74, 6) is 0.447. The summed E-state index contributed by atoms with van der Waals surface area (Å²) in [6, 6.07) is 3.70. The molecule has 2 N–H and O–H groups in total. The third-order valence-electron chi connectivity index (χ3n) is 2.88. The largest absolute Gasteiger partial charge is 0.384 e. The number of pyridine rings is 1. The lowest BCUT2D eigenvalue weighted by molar-refractivity contribution is 0.0716. The van der Waals surface area contributed by atoms with Crippen LogP contribution in [0.25, 0.3) is 0 Å². The first-order chi connectivity index (χ1) is 8.49. The zero-order valence-electron chi connectivity index (χ0n) is 11.7. The van der Waals surface area contributed by atoms with E-state index in [0.29, 0.717) is 17.9 Å². The Bertz CT molecular complexity index is 416. The van der Waals surface area contributed by atoms with Crippen molar-refractivity contribution in [1.82, 2.24) is 9.88 Å². The van der Waals surface area contributed by atoms with Gasteiger partial charge in [0.05, 0.1) is 0 Å². The maximum absolute atomic E-state index is 12.4. The van der Waals surface area contributed by atoms with E-state index in [-0.39, 0.29) is 11.9 Å². The maximum Gasteiger partial charge on any atom is 0.254 e. The quantitative estimate of drug-likeness (QED) is 0.872. The summed E-state index contributed by atoms with van der Waals surface area (Å²) >= 11 is 0. The molecule has 100 valence electrons. The van der Waals surface area contributed by atoms with Crippen molar-refractivity contribution in [3.05, 3.63) is 23.4 Å². The number of nitrogens with zero attached hydrogens (tertiary/aromatic N) is 2. The molecule has 0 atom stereocenters. The first kappa shape index (κ1) is 14.5. The lowest BCUT2D eigenvalue weighted by atomic mass is 10.1. The first-order valence-corrected chi connectivity index (χ1v) is 6.57. The van der Waals surface area contributed by atoms with Crippen molar-refractivity contribution < 1.29 is 4.79 Å². The standard InChI is InChI=1S/C14H23N3O/c1-5-7-12-8-11(9-13(15)16-12)14(18)17(6-2)10(3)4/h8-10H,5-7H2,1-4H3,(H2,15,16). The topological polar surface area (TPSA) is 59.2 Å². The zero-order valence-corrected chi connectivity index (χ0v) is 11.7. The van der Waals surface area contributed by atoms with E-state index in [9.17, 15) is 4.79 Å². The van der Waals surface area contributed by atoms with Crippen molar-refractivity contribution in [2.24, 2.45) is 0 Å². The van der Waals surface area contributed by atoms with Crippen LogP contribution >= 0.6 is 0 Å². The maximum atomic E-state index is 12.4. The van der Waals surface area contributed by atoms with Crippen molar-refractivity contribution in [3.63, 3.8) is 0 Å². The van der Waals surface area contributed by atoms with Gasteiger partial charge in [-0.15, -0.1) is 0 Å². The Balaban J connectivity index is 3.04. The summed E-state index contributed by atoms with van der Waals surface area (Å²) in [5, 5.41) is 0. The van der Waals surface area contributed by atoms with Gasteiger partial charge in [-0.3, -0.25) is 4.79 Å². The molecule has 0 aliphatic carbocycles. The highest BCUT2D eigenvalue weighted by molar-refractivity contribution is 5.95. The van der Waals surface area contributed by atoms with Gasteiger partial charge in [0.25, 0.3) is 5.91 Å². The number of carbonyl (C=O) groups is 1. The Morgan fingerprint density at radius 1 is 1.39 bits per heavy atom. The summed E-state index contributed by atoms with van der Waals surface area (Å²) in [5.41, 5.74) is 7.29. The molecule has 0 fully saturated rings. The molecule has 1 aromatic rings. The van der Waals surface area contributed by atoms with Gasteiger partial charge < -0.3 is 10.6 Å². The normalized spacial score (nSPS) is 10.7. The molecule has 1 aromatic heterocycles. The molecule has 0 radical (unpaired) electrons. The van der Waals surface area contributed by atoms with Gasteiger partial charge in [-0.2, -0.15) is 0 Å². The molecule has 0 aliphatic rings. The molecule has 0 bridgehead atoms. The molecule has 0 unspecified atom stereocenters. The number of hydrogen-bond donors (Lipinski definition) is 1. The fourth-order valence-electron chi connectivity index (χ4n) is 2.03. The van der Waals surface area contributed by atoms with Gasteiger partial charge in [-0.1, -0.05) is 13.3 Å². The van der Waals surface area contributed by atoms with Crippen molar-refractivity contribution in [2.75, 3.05) is 12.3 Å². The summed E-state index contributed by atoms with van der Waals surface area (Å²) < 4.78 is 0. The van der Waals surface area contributed by atoms with Crippen molar-refractivity contribution in [1.29, 1.82) is 0 Å². The first-order valence-electron chi connectivity index (χ1n) is 6.57. The van der Waals surface area contributed by atoms with E-state index >= 15 is 0 Å². The zero-order chi connectivity index (χ0) is 13.7. The number of anilines is 1. The van der Waals surface area contributed by atoms with E-state index in [0.717, 1.165) is 18.5 Å². The van der Waals surface area contributed by atoms with E-state index in [1.807, 2.05) is 31.7 Å². The van der Waals surface area contributed by atoms with Crippen LogP contribution in [0, 0.1) is 0 Å². The van der Waals surface area contributed by atoms with E-state index < -0.39 is 0 Å². The number of rotatable bonds is 5. The average Bonchev–Trinajstić information content (AvgIpc) is 2.28. The predicted octanol–water partition coefficient (Wildman–Crippen LogP) is 2.49. The Labute approximate surface area is 109 Å². The summed E-state index contributed by atoms with van der Waals surface area (Å²) in [6.45, 7) is 8.79. The van der Waals surface area contributed by atoms with Gasteiger partial charge in [0.15, 0.2) is 0 Å². The van der Waals surface area contributed by atoms with Gasteiger partial charge in [0.1, 0.15) is 5.82 Å². The molecule has 1 heterocycles. The van der Waals surface area contributed by atoms with Crippen LogP contribution in [0.5, 0.6) is 0 Å². The lowest BCUT2D eigenvalue weighted by Gasteiger charge is -2.25. The second-order valence-corrected chi connectivity index (χ2v) is 4.71. The number of carbonyl (C=O) groups excluding carboxylic acids is 1. The number of amides is 1. The highest BCUT2D eigenvalue weighted by Gasteiger charge is 2.18. The molecular weight excluding hydrogens is 226 g/mol. The predicted molar refractivity (Wildman–Crippen MR) is 74.5 cm³/mol. The van der Waals surface area contributed by atoms with Crippen LogP contribution in [0.3, 0.4) is 0 Å². The highest BCUT2D eigenvalue weighted by Crippen LogP contribution is 2.13. The van der Waals surface area contributed by atoms with E-state index in [1.165, 1.54) is 0 Å². The van der Waals surface area contributed by atoms with Crippen LogP contribution in [-0.2, 0) is 6.42 Å².